The number of carbonyl (C=O) groups is 1. The first kappa shape index (κ1) is 12.5. The van der Waals surface area contributed by atoms with Gasteiger partial charge in [0.25, 0.3) is 5.91 Å². The van der Waals surface area contributed by atoms with E-state index in [9.17, 15) is 9.18 Å². The summed E-state index contributed by atoms with van der Waals surface area (Å²) in [6.45, 7) is 0.690. The van der Waals surface area contributed by atoms with E-state index in [4.69, 9.17) is 5.73 Å². The molecule has 102 valence electrons. The van der Waals surface area contributed by atoms with Gasteiger partial charge in [0.05, 0.1) is 11.3 Å². The fourth-order valence-electron chi connectivity index (χ4n) is 3.68. The normalized spacial score (nSPS) is 28.6. The quantitative estimate of drug-likeness (QED) is 0.823. The first-order valence-electron chi connectivity index (χ1n) is 6.97. The van der Waals surface area contributed by atoms with E-state index in [1.807, 2.05) is 0 Å². The Morgan fingerprint density at radius 1 is 1.37 bits per heavy atom. The summed E-state index contributed by atoms with van der Waals surface area (Å²) in [4.78, 5) is 12.0. The van der Waals surface area contributed by atoms with Crippen LogP contribution in [0.5, 0.6) is 0 Å². The van der Waals surface area contributed by atoms with E-state index >= 15 is 0 Å². The van der Waals surface area contributed by atoms with Crippen LogP contribution in [0.15, 0.2) is 18.2 Å². The molecule has 0 heterocycles. The van der Waals surface area contributed by atoms with Gasteiger partial charge in [0.1, 0.15) is 5.82 Å². The highest BCUT2D eigenvalue weighted by Crippen LogP contribution is 2.47. The van der Waals surface area contributed by atoms with Crippen LogP contribution in [0.3, 0.4) is 0 Å². The fraction of sp³-hybridized carbons (Fsp3) is 0.533. The van der Waals surface area contributed by atoms with Crippen LogP contribution in [0.1, 0.15) is 36.0 Å². The summed E-state index contributed by atoms with van der Waals surface area (Å²) in [5, 5.41) is 2.91. The first-order chi connectivity index (χ1) is 9.15. The number of amides is 1. The third-order valence-electron chi connectivity index (χ3n) is 4.71. The molecule has 3 N–H and O–H groups in total. The van der Waals surface area contributed by atoms with E-state index in [1.54, 1.807) is 6.07 Å². The van der Waals surface area contributed by atoms with E-state index < -0.39 is 5.82 Å². The Balaban J connectivity index is 1.61. The van der Waals surface area contributed by atoms with Gasteiger partial charge >= 0.3 is 0 Å². The molecule has 2 fully saturated rings. The van der Waals surface area contributed by atoms with Crippen LogP contribution < -0.4 is 11.1 Å². The van der Waals surface area contributed by atoms with Crippen LogP contribution in [0.4, 0.5) is 10.1 Å². The zero-order valence-corrected chi connectivity index (χ0v) is 10.9. The number of halogens is 1. The molecule has 2 aliphatic carbocycles. The molecular formula is C15H19FN2O. The number of anilines is 1. The second kappa shape index (κ2) is 4.83. The van der Waals surface area contributed by atoms with Gasteiger partial charge in [0.2, 0.25) is 0 Å². The smallest absolute Gasteiger partial charge is 0.253 e. The van der Waals surface area contributed by atoms with Crippen molar-refractivity contribution in [2.75, 3.05) is 12.3 Å². The molecule has 1 aromatic rings. The minimum atomic E-state index is -0.535. The number of rotatable bonds is 3. The monoisotopic (exact) mass is 262 g/mol. The summed E-state index contributed by atoms with van der Waals surface area (Å²) in [6, 6.07) is 4.34. The maximum absolute atomic E-state index is 13.3. The van der Waals surface area contributed by atoms with E-state index in [0.717, 1.165) is 11.8 Å². The van der Waals surface area contributed by atoms with Gasteiger partial charge in [0.15, 0.2) is 0 Å². The number of hydrogen-bond donors (Lipinski definition) is 2. The minimum Gasteiger partial charge on any atom is -0.396 e. The molecule has 3 atom stereocenters. The van der Waals surface area contributed by atoms with Crippen molar-refractivity contribution in [2.45, 2.75) is 25.7 Å². The number of carbonyl (C=O) groups excluding carboxylic acids is 1. The van der Waals surface area contributed by atoms with Crippen LogP contribution in [-0.4, -0.2) is 12.5 Å². The van der Waals surface area contributed by atoms with E-state index in [0.29, 0.717) is 12.5 Å². The second-order valence-electron chi connectivity index (χ2n) is 5.85. The standard InChI is InChI=1S/C15H19FN2O/c16-13-3-1-2-12(14(13)17)15(19)18-8-11-7-9-4-5-10(11)6-9/h1-3,9-11H,4-8,17H2,(H,18,19). The predicted molar refractivity (Wildman–Crippen MR) is 72.1 cm³/mol. The van der Waals surface area contributed by atoms with Gasteiger partial charge in [0, 0.05) is 6.54 Å². The second-order valence-corrected chi connectivity index (χ2v) is 5.85. The van der Waals surface area contributed by atoms with Gasteiger partial charge in [-0.3, -0.25) is 4.79 Å². The highest BCUT2D eigenvalue weighted by molar-refractivity contribution is 5.99. The lowest BCUT2D eigenvalue weighted by Crippen LogP contribution is -2.32. The van der Waals surface area contributed by atoms with E-state index in [1.165, 1.54) is 37.8 Å². The number of hydrogen-bond acceptors (Lipinski definition) is 2. The van der Waals surface area contributed by atoms with Crippen LogP contribution in [0.25, 0.3) is 0 Å². The van der Waals surface area contributed by atoms with Crippen LogP contribution >= 0.6 is 0 Å². The number of nitrogens with two attached hydrogens (primary N) is 1. The topological polar surface area (TPSA) is 55.1 Å². The Kier molecular flexibility index (Phi) is 3.17. The van der Waals surface area contributed by atoms with Gasteiger partial charge in [-0.15, -0.1) is 0 Å². The summed E-state index contributed by atoms with van der Waals surface area (Å²) in [5.41, 5.74) is 5.77. The largest absolute Gasteiger partial charge is 0.396 e. The summed E-state index contributed by atoms with van der Waals surface area (Å²) in [5.74, 6) is 1.44. The number of benzene rings is 1. The summed E-state index contributed by atoms with van der Waals surface area (Å²) < 4.78 is 13.3. The van der Waals surface area contributed by atoms with Crippen molar-refractivity contribution in [3.05, 3.63) is 29.6 Å². The van der Waals surface area contributed by atoms with Gasteiger partial charge < -0.3 is 11.1 Å². The molecule has 2 bridgehead atoms. The molecule has 2 aliphatic rings. The lowest BCUT2D eigenvalue weighted by atomic mass is 9.89. The average Bonchev–Trinajstić information content (AvgIpc) is 3.01. The molecule has 3 rings (SSSR count). The zero-order chi connectivity index (χ0) is 13.4. The Hall–Kier alpha value is -1.58. The van der Waals surface area contributed by atoms with Crippen LogP contribution in [0.2, 0.25) is 0 Å². The summed E-state index contributed by atoms with van der Waals surface area (Å²) in [6.07, 6.45) is 5.20. The molecule has 0 radical (unpaired) electrons. The van der Waals surface area contributed by atoms with E-state index in [2.05, 4.69) is 5.32 Å². The number of para-hydroxylation sites is 1. The molecule has 0 saturated heterocycles. The van der Waals surface area contributed by atoms with E-state index in [-0.39, 0.29) is 17.2 Å². The fourth-order valence-corrected chi connectivity index (χ4v) is 3.68. The zero-order valence-electron chi connectivity index (χ0n) is 10.9. The Bertz CT molecular complexity index is 503. The van der Waals surface area contributed by atoms with Crippen molar-refractivity contribution in [3.63, 3.8) is 0 Å². The number of nitrogen functional groups attached to an aromatic ring is 1. The number of nitrogens with one attached hydrogen (secondary N) is 1. The Morgan fingerprint density at radius 2 is 2.21 bits per heavy atom. The molecule has 19 heavy (non-hydrogen) atoms. The highest BCUT2D eigenvalue weighted by Gasteiger charge is 2.39. The van der Waals surface area contributed by atoms with Crippen LogP contribution in [-0.2, 0) is 0 Å². The first-order valence-corrected chi connectivity index (χ1v) is 6.97. The Labute approximate surface area is 112 Å². The lowest BCUT2D eigenvalue weighted by Gasteiger charge is -2.22. The van der Waals surface area contributed by atoms with Crippen molar-refractivity contribution < 1.29 is 9.18 Å². The van der Waals surface area contributed by atoms with Crippen LogP contribution in [0, 0.1) is 23.6 Å². The van der Waals surface area contributed by atoms with Gasteiger partial charge in [-0.1, -0.05) is 12.5 Å². The maximum Gasteiger partial charge on any atom is 0.253 e. The van der Waals surface area contributed by atoms with Crippen molar-refractivity contribution in [1.29, 1.82) is 0 Å². The molecule has 1 aromatic carbocycles. The molecule has 0 aliphatic heterocycles. The molecule has 1 amide bonds. The van der Waals surface area contributed by atoms with Crippen molar-refractivity contribution in [3.8, 4) is 0 Å². The maximum atomic E-state index is 13.3. The molecular weight excluding hydrogens is 243 g/mol. The third-order valence-corrected chi connectivity index (χ3v) is 4.71. The highest BCUT2D eigenvalue weighted by atomic mass is 19.1. The lowest BCUT2D eigenvalue weighted by molar-refractivity contribution is 0.0942. The van der Waals surface area contributed by atoms with Gasteiger partial charge in [-0.25, -0.2) is 4.39 Å². The van der Waals surface area contributed by atoms with Gasteiger partial charge in [-0.2, -0.15) is 0 Å². The van der Waals surface area contributed by atoms with Crippen molar-refractivity contribution >= 4 is 11.6 Å². The number of fused-ring (bicyclic) bond motifs is 2. The summed E-state index contributed by atoms with van der Waals surface area (Å²) in [7, 11) is 0. The van der Waals surface area contributed by atoms with Gasteiger partial charge in [-0.05, 0) is 49.1 Å². The molecule has 3 nitrogen and oxygen atoms in total. The molecule has 0 spiro atoms. The molecule has 0 aromatic heterocycles. The Morgan fingerprint density at radius 3 is 2.89 bits per heavy atom. The average molecular weight is 262 g/mol. The SMILES string of the molecule is Nc1c(F)cccc1C(=O)NCC1CC2CCC1C2. The third kappa shape index (κ3) is 2.31. The van der Waals surface area contributed by atoms with Crippen molar-refractivity contribution in [2.24, 2.45) is 17.8 Å². The molecule has 4 heteroatoms. The van der Waals surface area contributed by atoms with Crippen molar-refractivity contribution in [1.82, 2.24) is 5.32 Å². The molecule has 3 unspecified atom stereocenters. The molecule has 2 saturated carbocycles. The predicted octanol–water partition coefficient (Wildman–Crippen LogP) is 2.57. The summed E-state index contributed by atoms with van der Waals surface area (Å²) >= 11 is 0. The minimum absolute atomic E-state index is 0.0621.